The van der Waals surface area contributed by atoms with E-state index in [9.17, 15) is 18.8 Å². The van der Waals surface area contributed by atoms with E-state index in [0.29, 0.717) is 10.8 Å². The molecule has 154 valence electrons. The van der Waals surface area contributed by atoms with Crippen molar-refractivity contribution in [3.63, 3.8) is 0 Å². The summed E-state index contributed by atoms with van der Waals surface area (Å²) in [6, 6.07) is 5.44. The Balaban J connectivity index is 1.54. The van der Waals surface area contributed by atoms with E-state index < -0.39 is 0 Å². The molecule has 1 N–H and O–H groups in total. The number of rotatable bonds is 7. The van der Waals surface area contributed by atoms with Crippen LogP contribution in [-0.4, -0.2) is 50.3 Å². The second-order valence-electron chi connectivity index (χ2n) is 6.73. The van der Waals surface area contributed by atoms with Crippen LogP contribution in [0.3, 0.4) is 0 Å². The number of thioether (sulfide) groups is 1. The second kappa shape index (κ2) is 9.64. The molecular weight excluding hydrogens is 397 g/mol. The molecule has 0 spiro atoms. The van der Waals surface area contributed by atoms with Crippen LogP contribution >= 0.6 is 11.8 Å². The van der Waals surface area contributed by atoms with Crippen LogP contribution in [0.15, 0.2) is 34.2 Å². The molecular formula is C19H22FN5O3S. The number of likely N-dealkylation sites (tertiary alicyclic amines) is 1. The molecule has 2 amide bonds. The topological polar surface area (TPSA) is 97.2 Å². The molecule has 8 nitrogen and oxygen atoms in total. The highest BCUT2D eigenvalue weighted by Gasteiger charge is 2.19. The van der Waals surface area contributed by atoms with Crippen LogP contribution in [0.4, 0.5) is 10.1 Å². The number of halogens is 1. The van der Waals surface area contributed by atoms with E-state index in [2.05, 4.69) is 15.5 Å². The zero-order valence-corrected chi connectivity index (χ0v) is 16.9. The molecule has 10 heteroatoms. The van der Waals surface area contributed by atoms with Gasteiger partial charge in [-0.25, -0.2) is 4.39 Å². The molecule has 0 bridgehead atoms. The SMILES string of the molecule is Cn1c(SCC(=O)Nc2ccc(F)cc2)nnc(CCC(=O)N2CCCC2)c1=O. The number of aryl methyl sites for hydroxylation is 1. The first-order valence-corrected chi connectivity index (χ1v) is 10.3. The zero-order chi connectivity index (χ0) is 20.8. The minimum Gasteiger partial charge on any atom is -0.343 e. The predicted molar refractivity (Wildman–Crippen MR) is 107 cm³/mol. The van der Waals surface area contributed by atoms with Gasteiger partial charge in [0, 0.05) is 38.7 Å². The quantitative estimate of drug-likeness (QED) is 0.685. The van der Waals surface area contributed by atoms with E-state index in [-0.39, 0.29) is 47.5 Å². The normalized spacial score (nSPS) is 13.5. The van der Waals surface area contributed by atoms with Gasteiger partial charge in [-0.05, 0) is 37.1 Å². The standard InChI is InChI=1S/C19H22FN5O3S/c1-24-18(28)15(8-9-17(27)25-10-2-3-11-25)22-23-19(24)29-12-16(26)21-14-6-4-13(20)5-7-14/h4-7H,2-3,8-12H2,1H3,(H,21,26). The van der Waals surface area contributed by atoms with Crippen molar-refractivity contribution in [2.75, 3.05) is 24.2 Å². The van der Waals surface area contributed by atoms with Crippen molar-refractivity contribution in [3.8, 4) is 0 Å². The number of hydrogen-bond acceptors (Lipinski definition) is 6. The molecule has 0 atom stereocenters. The van der Waals surface area contributed by atoms with E-state index in [0.717, 1.165) is 37.7 Å². The summed E-state index contributed by atoms with van der Waals surface area (Å²) >= 11 is 1.07. The number of aromatic nitrogens is 3. The second-order valence-corrected chi connectivity index (χ2v) is 7.67. The Hall–Kier alpha value is -2.75. The van der Waals surface area contributed by atoms with Gasteiger partial charge in [0.1, 0.15) is 11.5 Å². The summed E-state index contributed by atoms with van der Waals surface area (Å²) in [7, 11) is 1.56. The molecule has 1 aromatic carbocycles. The van der Waals surface area contributed by atoms with E-state index >= 15 is 0 Å². The highest BCUT2D eigenvalue weighted by molar-refractivity contribution is 7.99. The predicted octanol–water partition coefficient (Wildman–Crippen LogP) is 1.60. The molecule has 0 unspecified atom stereocenters. The van der Waals surface area contributed by atoms with Crippen LogP contribution in [0.2, 0.25) is 0 Å². The Morgan fingerprint density at radius 2 is 1.86 bits per heavy atom. The molecule has 29 heavy (non-hydrogen) atoms. The zero-order valence-electron chi connectivity index (χ0n) is 16.1. The van der Waals surface area contributed by atoms with E-state index in [1.54, 1.807) is 7.05 Å². The lowest BCUT2D eigenvalue weighted by Gasteiger charge is -2.14. The summed E-state index contributed by atoms with van der Waals surface area (Å²) in [6.07, 6.45) is 2.52. The molecule has 0 saturated carbocycles. The third-order valence-corrected chi connectivity index (χ3v) is 5.61. The molecule has 1 saturated heterocycles. The van der Waals surface area contributed by atoms with Crippen molar-refractivity contribution in [1.29, 1.82) is 0 Å². The van der Waals surface area contributed by atoms with Crippen molar-refractivity contribution in [1.82, 2.24) is 19.7 Å². The van der Waals surface area contributed by atoms with Crippen molar-refractivity contribution >= 4 is 29.3 Å². The number of hydrogen-bond donors (Lipinski definition) is 1. The van der Waals surface area contributed by atoms with Gasteiger partial charge >= 0.3 is 0 Å². The number of carbonyl (C=O) groups is 2. The number of carbonyl (C=O) groups excluding carboxylic acids is 2. The Bertz CT molecular complexity index is 942. The van der Waals surface area contributed by atoms with Gasteiger partial charge in [-0.2, -0.15) is 0 Å². The van der Waals surface area contributed by atoms with Gasteiger partial charge in [0.2, 0.25) is 11.8 Å². The van der Waals surface area contributed by atoms with Gasteiger partial charge in [-0.1, -0.05) is 11.8 Å². The third kappa shape index (κ3) is 5.63. The fourth-order valence-electron chi connectivity index (χ4n) is 2.99. The van der Waals surface area contributed by atoms with Crippen molar-refractivity contribution in [3.05, 3.63) is 46.1 Å². The van der Waals surface area contributed by atoms with Crippen LogP contribution < -0.4 is 10.9 Å². The molecule has 2 aromatic rings. The Morgan fingerprint density at radius 1 is 1.17 bits per heavy atom. The first kappa shape index (κ1) is 21.0. The highest BCUT2D eigenvalue weighted by Crippen LogP contribution is 2.15. The summed E-state index contributed by atoms with van der Waals surface area (Å²) in [4.78, 5) is 38.4. The minimum atomic E-state index is -0.384. The average Bonchev–Trinajstić information content (AvgIpc) is 3.25. The number of nitrogens with one attached hydrogen (secondary N) is 1. The van der Waals surface area contributed by atoms with Gasteiger partial charge in [-0.3, -0.25) is 19.0 Å². The third-order valence-electron chi connectivity index (χ3n) is 4.59. The maximum absolute atomic E-state index is 12.9. The molecule has 0 aliphatic carbocycles. The Morgan fingerprint density at radius 3 is 2.55 bits per heavy atom. The molecule has 1 fully saturated rings. The number of nitrogens with zero attached hydrogens (tertiary/aromatic N) is 4. The van der Waals surface area contributed by atoms with Gasteiger partial charge in [0.05, 0.1) is 5.75 Å². The van der Waals surface area contributed by atoms with E-state index in [4.69, 9.17) is 0 Å². The molecule has 0 radical (unpaired) electrons. The summed E-state index contributed by atoms with van der Waals surface area (Å²) in [5, 5.41) is 10.9. The summed E-state index contributed by atoms with van der Waals surface area (Å²) < 4.78 is 14.2. The highest BCUT2D eigenvalue weighted by atomic mass is 32.2. The number of benzene rings is 1. The fourth-order valence-corrected chi connectivity index (χ4v) is 3.69. The van der Waals surface area contributed by atoms with Gasteiger partial charge in [0.15, 0.2) is 5.16 Å². The van der Waals surface area contributed by atoms with Crippen LogP contribution in [0.1, 0.15) is 25.0 Å². The van der Waals surface area contributed by atoms with Gasteiger partial charge < -0.3 is 10.2 Å². The van der Waals surface area contributed by atoms with Crippen LogP contribution in [0.25, 0.3) is 0 Å². The van der Waals surface area contributed by atoms with Crippen molar-refractivity contribution in [2.24, 2.45) is 7.05 Å². The van der Waals surface area contributed by atoms with E-state index in [1.165, 1.54) is 28.8 Å². The number of amides is 2. The Kier molecular flexibility index (Phi) is 6.97. The first-order valence-electron chi connectivity index (χ1n) is 9.32. The lowest BCUT2D eigenvalue weighted by molar-refractivity contribution is -0.130. The fraction of sp³-hybridized carbons (Fsp3) is 0.421. The van der Waals surface area contributed by atoms with Crippen LogP contribution in [-0.2, 0) is 23.1 Å². The molecule has 2 heterocycles. The van der Waals surface area contributed by atoms with Crippen molar-refractivity contribution in [2.45, 2.75) is 30.8 Å². The molecule has 1 aliphatic rings. The average molecular weight is 419 g/mol. The van der Waals surface area contributed by atoms with Crippen LogP contribution in [0.5, 0.6) is 0 Å². The number of anilines is 1. The van der Waals surface area contributed by atoms with E-state index in [1.807, 2.05) is 4.90 Å². The summed E-state index contributed by atoms with van der Waals surface area (Å²) in [5.41, 5.74) is 0.394. The summed E-state index contributed by atoms with van der Waals surface area (Å²) in [5.74, 6) is -0.644. The largest absolute Gasteiger partial charge is 0.343 e. The first-order chi connectivity index (χ1) is 13.9. The lowest BCUT2D eigenvalue weighted by atomic mass is 10.2. The smallest absolute Gasteiger partial charge is 0.275 e. The lowest BCUT2D eigenvalue weighted by Crippen LogP contribution is -2.30. The Labute approximate surface area is 171 Å². The van der Waals surface area contributed by atoms with Crippen LogP contribution in [0, 0.1) is 5.82 Å². The summed E-state index contributed by atoms with van der Waals surface area (Å²) in [6.45, 7) is 1.55. The van der Waals surface area contributed by atoms with Crippen molar-refractivity contribution < 1.29 is 14.0 Å². The molecule has 3 rings (SSSR count). The molecule has 1 aliphatic heterocycles. The maximum Gasteiger partial charge on any atom is 0.275 e. The minimum absolute atomic E-state index is 0.0200. The monoisotopic (exact) mass is 419 g/mol. The molecule has 1 aromatic heterocycles. The van der Waals surface area contributed by atoms with Gasteiger partial charge in [0.25, 0.3) is 5.56 Å². The maximum atomic E-state index is 12.9. The van der Waals surface area contributed by atoms with Gasteiger partial charge in [-0.15, -0.1) is 10.2 Å².